The summed E-state index contributed by atoms with van der Waals surface area (Å²) in [6.45, 7) is 0.119. The van der Waals surface area contributed by atoms with Crippen LogP contribution in [0, 0.1) is 5.41 Å². The second-order valence-electron chi connectivity index (χ2n) is 6.33. The Labute approximate surface area is 144 Å². The van der Waals surface area contributed by atoms with Crippen molar-refractivity contribution < 1.29 is 27.5 Å². The molecule has 0 radical (unpaired) electrons. The maximum Gasteiger partial charge on any atom is 0.403 e. The molecule has 4 nitrogen and oxygen atoms in total. The molecule has 1 aliphatic carbocycles. The highest BCUT2D eigenvalue weighted by Crippen LogP contribution is 2.49. The van der Waals surface area contributed by atoms with Crippen molar-refractivity contribution in [3.63, 3.8) is 0 Å². The van der Waals surface area contributed by atoms with E-state index >= 15 is 0 Å². The van der Waals surface area contributed by atoms with Crippen LogP contribution < -0.4 is 5.32 Å². The second-order valence-corrected chi connectivity index (χ2v) is 6.33. The maximum atomic E-state index is 13.4. The van der Waals surface area contributed by atoms with Gasteiger partial charge in [0, 0.05) is 6.54 Å². The molecule has 1 fully saturated rings. The highest BCUT2D eigenvalue weighted by atomic mass is 19.4. The van der Waals surface area contributed by atoms with Gasteiger partial charge < -0.3 is 10.1 Å². The van der Waals surface area contributed by atoms with Gasteiger partial charge in [-0.15, -0.1) is 0 Å². The van der Waals surface area contributed by atoms with Crippen molar-refractivity contribution in [2.24, 2.45) is 5.41 Å². The predicted molar refractivity (Wildman–Crippen MR) is 86.1 cm³/mol. The lowest BCUT2D eigenvalue weighted by atomic mass is 9.72. The molecule has 0 unspecified atom stereocenters. The zero-order chi connectivity index (χ0) is 18.5. The fourth-order valence-electron chi connectivity index (χ4n) is 3.21. The molecule has 138 valence electrons. The number of hydrogen-bond acceptors (Lipinski definition) is 3. The van der Waals surface area contributed by atoms with Crippen LogP contribution in [0.2, 0.25) is 0 Å². The average molecular weight is 357 g/mol. The van der Waals surface area contributed by atoms with Gasteiger partial charge in [-0.3, -0.25) is 4.79 Å². The Morgan fingerprint density at radius 3 is 2.24 bits per heavy atom. The zero-order valence-corrected chi connectivity index (χ0v) is 14.1. The number of ether oxygens (including phenoxy) is 1. The van der Waals surface area contributed by atoms with Crippen molar-refractivity contribution in [3.8, 4) is 0 Å². The van der Waals surface area contributed by atoms with Crippen LogP contribution in [0.1, 0.15) is 48.0 Å². The lowest BCUT2D eigenvalue weighted by Crippen LogP contribution is -2.52. The van der Waals surface area contributed by atoms with Gasteiger partial charge in [-0.05, 0) is 37.0 Å². The minimum Gasteiger partial charge on any atom is -0.465 e. The molecule has 1 aromatic carbocycles. The summed E-state index contributed by atoms with van der Waals surface area (Å²) < 4.78 is 44.9. The van der Waals surface area contributed by atoms with E-state index in [1.165, 1.54) is 7.11 Å². The second kappa shape index (κ2) is 7.89. The van der Waals surface area contributed by atoms with Gasteiger partial charge in [0.25, 0.3) is 0 Å². The van der Waals surface area contributed by atoms with Gasteiger partial charge >= 0.3 is 12.1 Å². The van der Waals surface area contributed by atoms with E-state index in [-0.39, 0.29) is 19.4 Å². The van der Waals surface area contributed by atoms with Crippen molar-refractivity contribution in [1.29, 1.82) is 0 Å². The monoisotopic (exact) mass is 357 g/mol. The number of methoxy groups -OCH3 is 1. The fraction of sp³-hybridized carbons (Fsp3) is 0.556. The number of hydrogen-bond donors (Lipinski definition) is 1. The van der Waals surface area contributed by atoms with Crippen LogP contribution in [0.4, 0.5) is 13.2 Å². The molecule has 0 aromatic heterocycles. The molecule has 0 spiro atoms. The van der Waals surface area contributed by atoms with E-state index < -0.39 is 23.5 Å². The largest absolute Gasteiger partial charge is 0.465 e. The third-order valence-electron chi connectivity index (χ3n) is 4.76. The van der Waals surface area contributed by atoms with Gasteiger partial charge in [0.05, 0.1) is 12.7 Å². The van der Waals surface area contributed by atoms with E-state index in [0.29, 0.717) is 24.8 Å². The third kappa shape index (κ3) is 4.32. The normalized spacial score (nSPS) is 17.0. The van der Waals surface area contributed by atoms with Gasteiger partial charge in [0.15, 0.2) is 0 Å². The molecular formula is C18H22F3NO3. The van der Waals surface area contributed by atoms with Crippen LogP contribution >= 0.6 is 0 Å². The molecule has 25 heavy (non-hydrogen) atoms. The van der Waals surface area contributed by atoms with Gasteiger partial charge in [-0.2, -0.15) is 13.2 Å². The smallest absolute Gasteiger partial charge is 0.403 e. The molecule has 1 amide bonds. The quantitative estimate of drug-likeness (QED) is 0.819. The van der Waals surface area contributed by atoms with Gasteiger partial charge in [-0.1, -0.05) is 31.4 Å². The molecule has 7 heteroatoms. The molecular weight excluding hydrogens is 335 g/mol. The average Bonchev–Trinajstić information content (AvgIpc) is 2.61. The number of halogens is 3. The van der Waals surface area contributed by atoms with Gasteiger partial charge in [0.1, 0.15) is 5.41 Å². The number of rotatable bonds is 5. The van der Waals surface area contributed by atoms with Gasteiger partial charge in [0.2, 0.25) is 5.91 Å². The van der Waals surface area contributed by atoms with E-state index in [4.69, 9.17) is 0 Å². The Morgan fingerprint density at radius 2 is 1.72 bits per heavy atom. The molecule has 1 N–H and O–H groups in total. The predicted octanol–water partition coefficient (Wildman–Crippen LogP) is 3.64. The molecule has 1 aromatic rings. The molecule has 1 saturated carbocycles. The number of esters is 1. The highest BCUT2D eigenvalue weighted by Gasteiger charge is 2.59. The van der Waals surface area contributed by atoms with Crippen molar-refractivity contribution >= 4 is 11.9 Å². The summed E-state index contributed by atoms with van der Waals surface area (Å²) in [7, 11) is 1.29. The number of benzene rings is 1. The Kier molecular flexibility index (Phi) is 6.08. The minimum absolute atomic E-state index is 0.119. The first kappa shape index (κ1) is 19.3. The van der Waals surface area contributed by atoms with E-state index in [0.717, 1.165) is 12.0 Å². The van der Waals surface area contributed by atoms with Crippen LogP contribution in [-0.2, 0) is 16.0 Å². The molecule has 0 saturated heterocycles. The van der Waals surface area contributed by atoms with Crippen LogP contribution in [0.3, 0.4) is 0 Å². The summed E-state index contributed by atoms with van der Waals surface area (Å²) in [5.41, 5.74) is -1.04. The summed E-state index contributed by atoms with van der Waals surface area (Å²) in [5, 5.41) is 2.45. The Morgan fingerprint density at radius 1 is 1.12 bits per heavy atom. The summed E-state index contributed by atoms with van der Waals surface area (Å²) in [6, 6.07) is 6.56. The van der Waals surface area contributed by atoms with Crippen molar-refractivity contribution in [3.05, 3.63) is 35.4 Å². The van der Waals surface area contributed by atoms with Crippen LogP contribution in [0.15, 0.2) is 24.3 Å². The molecule has 0 aliphatic heterocycles. The highest BCUT2D eigenvalue weighted by molar-refractivity contribution is 5.89. The molecule has 0 heterocycles. The molecule has 0 atom stereocenters. The lowest BCUT2D eigenvalue weighted by Gasteiger charge is -2.37. The van der Waals surface area contributed by atoms with E-state index in [9.17, 15) is 22.8 Å². The van der Waals surface area contributed by atoms with Gasteiger partial charge in [-0.25, -0.2) is 4.79 Å². The lowest BCUT2D eigenvalue weighted by molar-refractivity contribution is -0.230. The first-order chi connectivity index (χ1) is 11.8. The van der Waals surface area contributed by atoms with Crippen LogP contribution in [0.5, 0.6) is 0 Å². The Hall–Kier alpha value is -2.05. The first-order valence-corrected chi connectivity index (χ1v) is 8.32. The number of amides is 1. The fourth-order valence-corrected chi connectivity index (χ4v) is 3.21. The molecule has 2 rings (SSSR count). The number of nitrogens with one attached hydrogen (secondary N) is 1. The SMILES string of the molecule is COC(=O)c1ccc(CCNC(=O)C2(C(F)(F)F)CCCCC2)cc1. The number of carbonyl (C=O) groups is 2. The standard InChI is InChI=1S/C18H22F3NO3/c1-25-15(23)14-7-5-13(6-8-14)9-12-22-16(24)17(18(19,20)21)10-3-2-4-11-17/h5-8H,2-4,9-12H2,1H3,(H,22,24). The Balaban J connectivity index is 1.93. The number of alkyl halides is 3. The Bertz CT molecular complexity index is 605. The van der Waals surface area contributed by atoms with Crippen molar-refractivity contribution in [1.82, 2.24) is 5.32 Å². The summed E-state index contributed by atoms with van der Waals surface area (Å²) in [6.07, 6.45) is -2.85. The van der Waals surface area contributed by atoms with E-state index in [2.05, 4.69) is 10.1 Å². The van der Waals surface area contributed by atoms with E-state index in [1.54, 1.807) is 24.3 Å². The van der Waals surface area contributed by atoms with Crippen molar-refractivity contribution in [2.75, 3.05) is 13.7 Å². The summed E-state index contributed by atoms with van der Waals surface area (Å²) in [4.78, 5) is 23.6. The third-order valence-corrected chi connectivity index (χ3v) is 4.76. The number of carbonyl (C=O) groups excluding carboxylic acids is 2. The first-order valence-electron chi connectivity index (χ1n) is 8.32. The summed E-state index contributed by atoms with van der Waals surface area (Å²) in [5.74, 6) is -1.38. The summed E-state index contributed by atoms with van der Waals surface area (Å²) >= 11 is 0. The maximum absolute atomic E-state index is 13.4. The minimum atomic E-state index is -4.53. The van der Waals surface area contributed by atoms with E-state index in [1.807, 2.05) is 0 Å². The van der Waals surface area contributed by atoms with Crippen LogP contribution in [0.25, 0.3) is 0 Å². The van der Waals surface area contributed by atoms with Crippen LogP contribution in [-0.4, -0.2) is 31.7 Å². The zero-order valence-electron chi connectivity index (χ0n) is 14.1. The van der Waals surface area contributed by atoms with Crippen molar-refractivity contribution in [2.45, 2.75) is 44.7 Å². The molecule has 0 bridgehead atoms. The molecule has 1 aliphatic rings. The topological polar surface area (TPSA) is 55.4 Å².